The third-order valence-electron chi connectivity index (χ3n) is 2.83. The van der Waals surface area contributed by atoms with E-state index in [-0.39, 0.29) is 0 Å². The summed E-state index contributed by atoms with van der Waals surface area (Å²) >= 11 is 0. The Balaban J connectivity index is 2.42. The first-order valence-electron chi connectivity index (χ1n) is 5.47. The van der Waals surface area contributed by atoms with Gasteiger partial charge in [-0.05, 0) is 12.1 Å². The Bertz CT molecular complexity index is 764. The number of fused-ring (bicyclic) bond motifs is 3. The van der Waals surface area contributed by atoms with Crippen molar-refractivity contribution < 1.29 is 0 Å². The normalized spacial score (nSPS) is 11.6. The molecule has 0 amide bonds. The monoisotopic (exact) mass is 237 g/mol. The zero-order chi connectivity index (χ0) is 12.5. The van der Waals surface area contributed by atoms with E-state index in [4.69, 9.17) is 11.6 Å². The maximum atomic E-state index is 5.88. The highest BCUT2D eigenvalue weighted by molar-refractivity contribution is 6.05. The predicted octanol–water partition coefficient (Wildman–Crippen LogP) is 1.66. The molecule has 0 aliphatic carbocycles. The lowest BCUT2D eigenvalue weighted by atomic mass is 10.1. The summed E-state index contributed by atoms with van der Waals surface area (Å²) in [4.78, 5) is 8.74. The van der Waals surface area contributed by atoms with Crippen LogP contribution in [-0.4, -0.2) is 16.2 Å². The lowest BCUT2D eigenvalue weighted by Crippen LogP contribution is -1.99. The standard InChI is InChI=1S/C13H11N5/c14-13-10(7-17-15)6-9-4-3-8-2-1-5-16-11(8)12(9)18-13/h1-7H,15H2,(H2,14,18). The van der Waals surface area contributed by atoms with Crippen molar-refractivity contribution >= 4 is 33.8 Å². The van der Waals surface area contributed by atoms with Crippen molar-refractivity contribution in [2.45, 2.75) is 0 Å². The number of hydrogen-bond donors (Lipinski definition) is 2. The van der Waals surface area contributed by atoms with Crippen LogP contribution in [-0.2, 0) is 0 Å². The molecular weight excluding hydrogens is 226 g/mol. The summed E-state index contributed by atoms with van der Waals surface area (Å²) in [6, 6.07) is 9.79. The Morgan fingerprint density at radius 3 is 2.78 bits per heavy atom. The van der Waals surface area contributed by atoms with Crippen LogP contribution in [0.4, 0.5) is 5.82 Å². The number of pyridine rings is 2. The molecule has 0 saturated heterocycles. The van der Waals surface area contributed by atoms with Gasteiger partial charge in [0.25, 0.3) is 0 Å². The zero-order valence-electron chi connectivity index (χ0n) is 9.54. The van der Waals surface area contributed by atoms with Gasteiger partial charge in [-0.25, -0.2) is 4.98 Å². The van der Waals surface area contributed by atoms with Gasteiger partial charge in [0.1, 0.15) is 5.82 Å². The Labute approximate surface area is 103 Å². The van der Waals surface area contributed by atoms with Crippen molar-refractivity contribution in [1.29, 1.82) is 0 Å². The van der Waals surface area contributed by atoms with Gasteiger partial charge in [-0.3, -0.25) is 4.98 Å². The molecule has 0 bridgehead atoms. The Kier molecular flexibility index (Phi) is 2.30. The fourth-order valence-corrected chi connectivity index (χ4v) is 1.99. The number of anilines is 1. The van der Waals surface area contributed by atoms with Crippen LogP contribution < -0.4 is 11.6 Å². The molecule has 3 rings (SSSR count). The molecule has 0 aliphatic rings. The molecule has 0 fully saturated rings. The minimum Gasteiger partial charge on any atom is -0.383 e. The van der Waals surface area contributed by atoms with Gasteiger partial charge >= 0.3 is 0 Å². The second-order valence-corrected chi connectivity index (χ2v) is 3.95. The highest BCUT2D eigenvalue weighted by Crippen LogP contribution is 2.24. The van der Waals surface area contributed by atoms with Crippen molar-refractivity contribution in [2.75, 3.05) is 5.73 Å². The van der Waals surface area contributed by atoms with Crippen molar-refractivity contribution in [1.82, 2.24) is 9.97 Å². The van der Waals surface area contributed by atoms with E-state index >= 15 is 0 Å². The van der Waals surface area contributed by atoms with Gasteiger partial charge in [-0.1, -0.05) is 18.2 Å². The predicted molar refractivity (Wildman–Crippen MR) is 73.2 cm³/mol. The molecule has 4 N–H and O–H groups in total. The second-order valence-electron chi connectivity index (χ2n) is 3.95. The first-order chi connectivity index (χ1) is 8.79. The second kappa shape index (κ2) is 3.96. The van der Waals surface area contributed by atoms with Crippen LogP contribution in [0.5, 0.6) is 0 Å². The number of benzene rings is 1. The van der Waals surface area contributed by atoms with E-state index < -0.39 is 0 Å². The minimum absolute atomic E-state index is 0.398. The van der Waals surface area contributed by atoms with E-state index in [1.54, 1.807) is 6.20 Å². The van der Waals surface area contributed by atoms with E-state index in [1.807, 2.05) is 30.3 Å². The Hall–Kier alpha value is -2.69. The van der Waals surface area contributed by atoms with E-state index in [1.165, 1.54) is 6.21 Å². The van der Waals surface area contributed by atoms with E-state index in [0.717, 1.165) is 21.8 Å². The molecule has 0 unspecified atom stereocenters. The lowest BCUT2D eigenvalue weighted by molar-refractivity contribution is 1.26. The molecule has 0 aliphatic heterocycles. The molecule has 0 saturated carbocycles. The van der Waals surface area contributed by atoms with Gasteiger partial charge in [-0.2, -0.15) is 5.10 Å². The van der Waals surface area contributed by atoms with Crippen LogP contribution in [0.1, 0.15) is 5.56 Å². The molecule has 18 heavy (non-hydrogen) atoms. The average Bonchev–Trinajstić information content (AvgIpc) is 2.40. The van der Waals surface area contributed by atoms with Crippen molar-refractivity contribution in [3.05, 3.63) is 42.1 Å². The number of hydrazone groups is 1. The van der Waals surface area contributed by atoms with Crippen LogP contribution in [0.2, 0.25) is 0 Å². The van der Waals surface area contributed by atoms with E-state index in [2.05, 4.69) is 15.1 Å². The fraction of sp³-hybridized carbons (Fsp3) is 0. The maximum Gasteiger partial charge on any atom is 0.133 e. The minimum atomic E-state index is 0.398. The third-order valence-corrected chi connectivity index (χ3v) is 2.83. The first kappa shape index (κ1) is 10.5. The molecule has 1 aromatic carbocycles. The zero-order valence-corrected chi connectivity index (χ0v) is 9.54. The summed E-state index contributed by atoms with van der Waals surface area (Å²) in [6.45, 7) is 0. The Morgan fingerprint density at radius 2 is 1.94 bits per heavy atom. The smallest absolute Gasteiger partial charge is 0.133 e. The van der Waals surface area contributed by atoms with Gasteiger partial charge in [0, 0.05) is 22.5 Å². The third kappa shape index (κ3) is 1.53. The molecule has 5 nitrogen and oxygen atoms in total. The molecule has 0 radical (unpaired) electrons. The SMILES string of the molecule is NN=Cc1cc2ccc3cccnc3c2nc1N. The highest BCUT2D eigenvalue weighted by atomic mass is 15.1. The number of hydrogen-bond acceptors (Lipinski definition) is 5. The fourth-order valence-electron chi connectivity index (χ4n) is 1.99. The number of nitrogens with zero attached hydrogens (tertiary/aromatic N) is 3. The summed E-state index contributed by atoms with van der Waals surface area (Å²) in [6.07, 6.45) is 3.24. The first-order valence-corrected chi connectivity index (χ1v) is 5.47. The van der Waals surface area contributed by atoms with Gasteiger partial charge in [0.15, 0.2) is 0 Å². The van der Waals surface area contributed by atoms with Crippen LogP contribution in [0, 0.1) is 0 Å². The van der Waals surface area contributed by atoms with Gasteiger partial charge in [-0.15, -0.1) is 0 Å². The van der Waals surface area contributed by atoms with Crippen molar-refractivity contribution in [3.8, 4) is 0 Å². The number of rotatable bonds is 1. The van der Waals surface area contributed by atoms with Crippen LogP contribution in [0.25, 0.3) is 21.8 Å². The van der Waals surface area contributed by atoms with Crippen LogP contribution in [0.3, 0.4) is 0 Å². The summed E-state index contributed by atoms with van der Waals surface area (Å²) in [5, 5.41) is 5.48. The number of nitrogen functional groups attached to an aromatic ring is 1. The summed E-state index contributed by atoms with van der Waals surface area (Å²) in [5.41, 5.74) is 8.22. The average molecular weight is 237 g/mol. The molecule has 88 valence electrons. The van der Waals surface area contributed by atoms with Crippen LogP contribution in [0.15, 0.2) is 41.6 Å². The summed E-state index contributed by atoms with van der Waals surface area (Å²) in [5.74, 6) is 5.54. The molecule has 5 heteroatoms. The van der Waals surface area contributed by atoms with E-state index in [0.29, 0.717) is 11.4 Å². The largest absolute Gasteiger partial charge is 0.383 e. The maximum absolute atomic E-state index is 5.88. The topological polar surface area (TPSA) is 90.2 Å². The number of nitrogens with two attached hydrogens (primary N) is 2. The Morgan fingerprint density at radius 1 is 1.11 bits per heavy atom. The quantitative estimate of drug-likeness (QED) is 0.291. The van der Waals surface area contributed by atoms with Gasteiger partial charge in [0.05, 0.1) is 17.2 Å². The molecular formula is C13H11N5. The highest BCUT2D eigenvalue weighted by Gasteiger charge is 2.06. The summed E-state index contributed by atoms with van der Waals surface area (Å²) < 4.78 is 0. The van der Waals surface area contributed by atoms with Crippen LogP contribution >= 0.6 is 0 Å². The molecule has 2 aromatic heterocycles. The van der Waals surface area contributed by atoms with Gasteiger partial charge < -0.3 is 11.6 Å². The molecule has 0 spiro atoms. The molecule has 0 atom stereocenters. The van der Waals surface area contributed by atoms with Crippen molar-refractivity contribution in [3.63, 3.8) is 0 Å². The molecule has 3 aromatic rings. The van der Waals surface area contributed by atoms with Gasteiger partial charge in [0.2, 0.25) is 0 Å². The van der Waals surface area contributed by atoms with Crippen molar-refractivity contribution in [2.24, 2.45) is 10.9 Å². The summed E-state index contributed by atoms with van der Waals surface area (Å²) in [7, 11) is 0. The number of aromatic nitrogens is 2. The van der Waals surface area contributed by atoms with E-state index in [9.17, 15) is 0 Å². The molecule has 2 heterocycles. The lowest BCUT2D eigenvalue weighted by Gasteiger charge is -2.05.